The number of ether oxygens (including phenoxy) is 1. The van der Waals surface area contributed by atoms with Gasteiger partial charge in [0.1, 0.15) is 29.1 Å². The van der Waals surface area contributed by atoms with Crippen molar-refractivity contribution >= 4 is 17.4 Å². The number of carbonyl (C=O) groups excluding carboxylic acids is 1. The minimum atomic E-state index is -0.312. The summed E-state index contributed by atoms with van der Waals surface area (Å²) in [5.41, 5.74) is 1.65. The number of halogens is 1. The molecule has 1 aliphatic rings. The maximum atomic E-state index is 13.0. The Morgan fingerprint density at radius 1 is 1.10 bits per heavy atom. The summed E-state index contributed by atoms with van der Waals surface area (Å²) in [7, 11) is 1.85. The second-order valence-electron chi connectivity index (χ2n) is 6.86. The lowest BCUT2D eigenvalue weighted by Gasteiger charge is -2.31. The Balaban J connectivity index is 1.39. The molecule has 4 rings (SSSR count). The number of carbonyl (C=O) groups is 1. The summed E-state index contributed by atoms with van der Waals surface area (Å²) in [5, 5.41) is 2.82. The van der Waals surface area contributed by atoms with E-state index in [-0.39, 0.29) is 17.8 Å². The molecular weight excluding hydrogens is 373 g/mol. The van der Waals surface area contributed by atoms with Crippen LogP contribution in [0.4, 0.5) is 15.9 Å². The van der Waals surface area contributed by atoms with Gasteiger partial charge in [0.05, 0.1) is 6.20 Å². The molecule has 7 nitrogen and oxygen atoms in total. The number of rotatable bonds is 5. The highest BCUT2D eigenvalue weighted by atomic mass is 19.1. The molecule has 2 aromatic heterocycles. The Labute approximate surface area is 167 Å². The molecule has 0 spiro atoms. The van der Waals surface area contributed by atoms with Crippen molar-refractivity contribution in [3.05, 3.63) is 66.0 Å². The number of hydrogen-bond donors (Lipinski definition) is 1. The first-order chi connectivity index (χ1) is 14.0. The van der Waals surface area contributed by atoms with Crippen LogP contribution in [-0.2, 0) is 17.6 Å². The molecule has 1 atom stereocenters. The monoisotopic (exact) mass is 393 g/mol. The summed E-state index contributed by atoms with van der Waals surface area (Å²) in [6.07, 6.45) is 4.75. The summed E-state index contributed by atoms with van der Waals surface area (Å²) in [4.78, 5) is 27.0. The van der Waals surface area contributed by atoms with Gasteiger partial charge in [-0.05, 0) is 43.2 Å². The Hall–Kier alpha value is -3.55. The van der Waals surface area contributed by atoms with E-state index in [1.165, 1.54) is 12.1 Å². The van der Waals surface area contributed by atoms with Gasteiger partial charge in [-0.2, -0.15) is 0 Å². The van der Waals surface area contributed by atoms with Crippen LogP contribution in [0.2, 0.25) is 0 Å². The maximum Gasteiger partial charge on any atom is 0.246 e. The summed E-state index contributed by atoms with van der Waals surface area (Å²) in [5.74, 6) is 2.02. The van der Waals surface area contributed by atoms with Gasteiger partial charge >= 0.3 is 0 Å². The van der Waals surface area contributed by atoms with Gasteiger partial charge in [-0.15, -0.1) is 0 Å². The second-order valence-corrected chi connectivity index (χ2v) is 6.86. The van der Waals surface area contributed by atoms with E-state index in [0.29, 0.717) is 36.0 Å². The van der Waals surface area contributed by atoms with Gasteiger partial charge in [-0.25, -0.2) is 19.3 Å². The van der Waals surface area contributed by atoms with Crippen LogP contribution >= 0.6 is 0 Å². The zero-order valence-electron chi connectivity index (χ0n) is 16.1. The van der Waals surface area contributed by atoms with Crippen molar-refractivity contribution in [3.63, 3.8) is 0 Å². The van der Waals surface area contributed by atoms with Crippen LogP contribution in [0.3, 0.4) is 0 Å². The molecule has 3 heterocycles. The van der Waals surface area contributed by atoms with Crippen LogP contribution in [0.1, 0.15) is 18.3 Å². The molecule has 1 aromatic carbocycles. The molecule has 0 aliphatic carbocycles. The summed E-state index contributed by atoms with van der Waals surface area (Å²) in [6, 6.07) is 9.22. The van der Waals surface area contributed by atoms with Gasteiger partial charge in [-0.1, -0.05) is 6.07 Å². The average Bonchev–Trinajstić information content (AvgIpc) is 2.73. The lowest BCUT2D eigenvalue weighted by molar-refractivity contribution is -0.117. The quantitative estimate of drug-likeness (QED) is 0.716. The largest absolute Gasteiger partial charge is 0.439 e. The molecule has 0 fully saturated rings. The van der Waals surface area contributed by atoms with E-state index in [1.807, 2.05) is 24.9 Å². The van der Waals surface area contributed by atoms with Gasteiger partial charge < -0.3 is 15.0 Å². The number of amides is 1. The molecule has 148 valence electrons. The van der Waals surface area contributed by atoms with Crippen molar-refractivity contribution in [1.29, 1.82) is 0 Å². The molecule has 0 unspecified atom stereocenters. The number of benzene rings is 1. The fourth-order valence-electron chi connectivity index (χ4n) is 2.98. The van der Waals surface area contributed by atoms with Crippen LogP contribution in [0.25, 0.3) is 0 Å². The number of aryl methyl sites for hydroxylation is 2. The van der Waals surface area contributed by atoms with E-state index in [2.05, 4.69) is 20.3 Å². The number of aromatic nitrogens is 3. The Bertz CT molecular complexity index is 1020. The van der Waals surface area contributed by atoms with Crippen LogP contribution in [-0.4, -0.2) is 33.9 Å². The van der Waals surface area contributed by atoms with Crippen molar-refractivity contribution in [2.24, 2.45) is 0 Å². The van der Waals surface area contributed by atoms with Crippen molar-refractivity contribution in [2.75, 3.05) is 17.3 Å². The first-order valence-electron chi connectivity index (χ1n) is 9.27. The number of hydrogen-bond acceptors (Lipinski definition) is 6. The maximum absolute atomic E-state index is 13.0. The molecule has 0 saturated heterocycles. The molecular formula is C21H20FN5O2. The van der Waals surface area contributed by atoms with E-state index in [1.54, 1.807) is 30.6 Å². The summed E-state index contributed by atoms with van der Waals surface area (Å²) < 4.78 is 18.6. The lowest BCUT2D eigenvalue weighted by atomic mass is 10.1. The Kier molecular flexibility index (Phi) is 5.07. The minimum absolute atomic E-state index is 0.0645. The SMILES string of the molecule is C[C@H]1C(=O)Nc2cnc(CCc3ccc(Oc4ccc(F)cc4)nc3)nc2N1C. The van der Waals surface area contributed by atoms with Crippen LogP contribution < -0.4 is 15.0 Å². The molecule has 1 aliphatic heterocycles. The number of anilines is 2. The topological polar surface area (TPSA) is 80.2 Å². The van der Waals surface area contributed by atoms with Gasteiger partial charge in [0, 0.05) is 25.7 Å². The van der Waals surface area contributed by atoms with Crippen LogP contribution in [0.15, 0.2) is 48.8 Å². The second kappa shape index (κ2) is 7.83. The molecule has 0 saturated carbocycles. The molecule has 8 heteroatoms. The normalized spacial score (nSPS) is 15.6. The van der Waals surface area contributed by atoms with Gasteiger partial charge in [-0.3, -0.25) is 4.79 Å². The first-order valence-corrected chi connectivity index (χ1v) is 9.27. The van der Waals surface area contributed by atoms with E-state index < -0.39 is 0 Å². The highest BCUT2D eigenvalue weighted by Gasteiger charge is 2.28. The highest BCUT2D eigenvalue weighted by molar-refractivity contribution is 6.02. The number of fused-ring (bicyclic) bond motifs is 1. The third kappa shape index (κ3) is 4.16. The predicted octanol–water partition coefficient (Wildman–Crippen LogP) is 3.37. The average molecular weight is 393 g/mol. The van der Waals surface area contributed by atoms with Crippen LogP contribution in [0, 0.1) is 5.82 Å². The van der Waals surface area contributed by atoms with Crippen LogP contribution in [0.5, 0.6) is 11.6 Å². The van der Waals surface area contributed by atoms with Gasteiger partial charge in [0.2, 0.25) is 11.8 Å². The molecule has 29 heavy (non-hydrogen) atoms. The van der Waals surface area contributed by atoms with Gasteiger partial charge in [0.25, 0.3) is 0 Å². The predicted molar refractivity (Wildman–Crippen MR) is 107 cm³/mol. The van der Waals surface area contributed by atoms with Gasteiger partial charge in [0.15, 0.2) is 5.82 Å². The fraction of sp³-hybridized carbons (Fsp3) is 0.238. The number of pyridine rings is 1. The van der Waals surface area contributed by atoms with E-state index in [4.69, 9.17) is 4.74 Å². The smallest absolute Gasteiger partial charge is 0.246 e. The molecule has 1 N–H and O–H groups in total. The third-order valence-corrected chi connectivity index (χ3v) is 4.84. The molecule has 0 bridgehead atoms. The first kappa shape index (κ1) is 18.8. The Morgan fingerprint density at radius 3 is 2.62 bits per heavy atom. The fourth-order valence-corrected chi connectivity index (χ4v) is 2.98. The molecule has 3 aromatic rings. The summed E-state index contributed by atoms with van der Waals surface area (Å²) in [6.45, 7) is 1.83. The molecule has 0 radical (unpaired) electrons. The highest BCUT2D eigenvalue weighted by Crippen LogP contribution is 2.28. The van der Waals surface area contributed by atoms with E-state index in [9.17, 15) is 9.18 Å². The third-order valence-electron chi connectivity index (χ3n) is 4.84. The van der Waals surface area contributed by atoms with Crippen molar-refractivity contribution < 1.29 is 13.9 Å². The van der Waals surface area contributed by atoms with E-state index in [0.717, 1.165) is 11.4 Å². The lowest BCUT2D eigenvalue weighted by Crippen LogP contribution is -2.44. The van der Waals surface area contributed by atoms with Crippen molar-refractivity contribution in [1.82, 2.24) is 15.0 Å². The summed E-state index contributed by atoms with van der Waals surface area (Å²) >= 11 is 0. The zero-order chi connectivity index (χ0) is 20.4. The Morgan fingerprint density at radius 2 is 1.90 bits per heavy atom. The standard InChI is InChI=1S/C21H20FN5O2/c1-13-21(28)25-17-12-23-18(26-20(17)27(13)2)9-3-14-4-10-19(24-11-14)29-16-7-5-15(22)6-8-16/h4-8,10-13H,3,9H2,1-2H3,(H,25,28)/t13-/m0/s1. The van der Waals surface area contributed by atoms with Crippen molar-refractivity contribution in [3.8, 4) is 11.6 Å². The van der Waals surface area contributed by atoms with Crippen molar-refractivity contribution in [2.45, 2.75) is 25.8 Å². The number of nitrogens with one attached hydrogen (secondary N) is 1. The zero-order valence-corrected chi connectivity index (χ0v) is 16.1. The number of likely N-dealkylation sites (N-methyl/N-ethyl adjacent to an activating group) is 1. The number of nitrogens with zero attached hydrogens (tertiary/aromatic N) is 4. The molecule has 1 amide bonds. The van der Waals surface area contributed by atoms with E-state index >= 15 is 0 Å². The minimum Gasteiger partial charge on any atom is -0.439 e.